The minimum absolute atomic E-state index is 0.525. The summed E-state index contributed by atoms with van der Waals surface area (Å²) in [6, 6.07) is 9.10. The maximum absolute atomic E-state index is 8.69. The van der Waals surface area contributed by atoms with Crippen LogP contribution in [0.2, 0.25) is 0 Å². The quantitative estimate of drug-likeness (QED) is 0.622. The van der Waals surface area contributed by atoms with Gasteiger partial charge in [-0.2, -0.15) is 10.5 Å². The van der Waals surface area contributed by atoms with Gasteiger partial charge in [0, 0.05) is 0 Å². The lowest BCUT2D eigenvalue weighted by molar-refractivity contribution is 1.36. The average molecular weight is 155 g/mol. The van der Waals surface area contributed by atoms with Crippen molar-refractivity contribution in [2.24, 2.45) is 0 Å². The van der Waals surface area contributed by atoms with Crippen molar-refractivity contribution < 1.29 is 0 Å². The van der Waals surface area contributed by atoms with E-state index in [9.17, 15) is 0 Å². The van der Waals surface area contributed by atoms with Crippen LogP contribution < -0.4 is 0 Å². The molecule has 0 unspecified atom stereocenters. The monoisotopic (exact) mass is 155 g/mol. The van der Waals surface area contributed by atoms with Gasteiger partial charge in [0.2, 0.25) is 0 Å². The van der Waals surface area contributed by atoms with Crippen LogP contribution in [0.15, 0.2) is 18.2 Å². The van der Waals surface area contributed by atoms with Crippen LogP contribution in [0.4, 0.5) is 0 Å². The summed E-state index contributed by atoms with van der Waals surface area (Å²) in [6.07, 6.45) is 1.85. The molecule has 0 aliphatic heterocycles. The van der Waals surface area contributed by atoms with Crippen LogP contribution in [0.1, 0.15) is 23.6 Å². The second-order valence-electron chi connectivity index (χ2n) is 2.31. The molecule has 57 valence electrons. The molecule has 0 atom stereocenters. The normalized spacial score (nSPS) is 8.58. The van der Waals surface area contributed by atoms with Crippen molar-refractivity contribution in [1.29, 1.82) is 10.5 Å². The predicted octanol–water partition coefficient (Wildman–Crippen LogP) is 2.00. The molecule has 0 spiro atoms. The highest BCUT2D eigenvalue weighted by Gasteiger charge is 2.00. The van der Waals surface area contributed by atoms with Crippen molar-refractivity contribution in [2.75, 3.05) is 0 Å². The fourth-order valence-corrected chi connectivity index (χ4v) is 0.974. The number of benzene rings is 1. The zero-order chi connectivity index (χ0) is 8.97. The Balaban J connectivity index is 3.24. The number of hydrogen-bond donors (Lipinski definition) is 0. The average Bonchev–Trinajstić information content (AvgIpc) is 2.16. The van der Waals surface area contributed by atoms with Gasteiger partial charge in [-0.15, -0.1) is 0 Å². The Morgan fingerprint density at radius 1 is 1.25 bits per heavy atom. The number of nitrogens with zero attached hydrogens (tertiary/aromatic N) is 2. The summed E-state index contributed by atoms with van der Waals surface area (Å²) >= 11 is 0. The van der Waals surface area contributed by atoms with E-state index in [1.165, 1.54) is 0 Å². The summed E-state index contributed by atoms with van der Waals surface area (Å²) in [6.45, 7) is 1.86. The van der Waals surface area contributed by atoms with Crippen LogP contribution >= 0.6 is 0 Å². The molecule has 0 saturated carbocycles. The van der Waals surface area contributed by atoms with E-state index in [0.717, 1.165) is 5.56 Å². The third-order valence-electron chi connectivity index (χ3n) is 1.61. The van der Waals surface area contributed by atoms with Gasteiger partial charge < -0.3 is 0 Å². The van der Waals surface area contributed by atoms with E-state index in [1.54, 1.807) is 18.2 Å². The van der Waals surface area contributed by atoms with Gasteiger partial charge in [-0.05, 0) is 24.1 Å². The lowest BCUT2D eigenvalue weighted by Crippen LogP contribution is -1.86. The number of rotatable bonds is 1. The SMILES string of the molecule is C[CH]c1ccc(C#N)cc1C#N. The first kappa shape index (κ1) is 8.30. The van der Waals surface area contributed by atoms with Crippen molar-refractivity contribution in [3.63, 3.8) is 0 Å². The molecule has 0 bridgehead atoms. The van der Waals surface area contributed by atoms with E-state index < -0.39 is 0 Å². The maximum atomic E-state index is 8.69. The van der Waals surface area contributed by atoms with Crippen molar-refractivity contribution in [3.8, 4) is 12.1 Å². The Hall–Kier alpha value is -1.80. The van der Waals surface area contributed by atoms with Crippen LogP contribution in [-0.4, -0.2) is 0 Å². The van der Waals surface area contributed by atoms with Gasteiger partial charge >= 0.3 is 0 Å². The zero-order valence-corrected chi connectivity index (χ0v) is 6.70. The topological polar surface area (TPSA) is 47.6 Å². The number of nitriles is 2. The largest absolute Gasteiger partial charge is 0.192 e. The smallest absolute Gasteiger partial charge is 0.0995 e. The molecule has 0 aliphatic carbocycles. The molecule has 0 amide bonds. The fourth-order valence-electron chi connectivity index (χ4n) is 0.974. The maximum Gasteiger partial charge on any atom is 0.0995 e. The minimum atomic E-state index is 0.525. The predicted molar refractivity (Wildman–Crippen MR) is 44.9 cm³/mol. The van der Waals surface area contributed by atoms with Gasteiger partial charge in [0.1, 0.15) is 0 Å². The van der Waals surface area contributed by atoms with Gasteiger partial charge in [-0.25, -0.2) is 0 Å². The van der Waals surface area contributed by atoms with Gasteiger partial charge in [-0.1, -0.05) is 13.0 Å². The molecule has 1 aromatic rings. The molecule has 1 rings (SSSR count). The summed E-state index contributed by atoms with van der Waals surface area (Å²) in [5, 5.41) is 17.2. The first-order valence-corrected chi connectivity index (χ1v) is 3.55. The molecule has 0 aliphatic rings. The summed E-state index contributed by atoms with van der Waals surface area (Å²) in [4.78, 5) is 0. The van der Waals surface area contributed by atoms with Gasteiger partial charge in [0.05, 0.1) is 23.3 Å². The Kier molecular flexibility index (Phi) is 2.46. The lowest BCUT2D eigenvalue weighted by Gasteiger charge is -1.98. The highest BCUT2D eigenvalue weighted by molar-refractivity contribution is 5.47. The van der Waals surface area contributed by atoms with Crippen molar-refractivity contribution in [2.45, 2.75) is 6.92 Å². The summed E-state index contributed by atoms with van der Waals surface area (Å²) < 4.78 is 0. The molecule has 0 fully saturated rings. The molecule has 0 N–H and O–H groups in total. The van der Waals surface area contributed by atoms with E-state index in [1.807, 2.05) is 25.5 Å². The summed E-state index contributed by atoms with van der Waals surface area (Å²) in [5.74, 6) is 0. The summed E-state index contributed by atoms with van der Waals surface area (Å²) in [7, 11) is 0. The molecule has 12 heavy (non-hydrogen) atoms. The van der Waals surface area contributed by atoms with Crippen molar-refractivity contribution in [1.82, 2.24) is 0 Å². The van der Waals surface area contributed by atoms with Gasteiger partial charge in [0.15, 0.2) is 0 Å². The minimum Gasteiger partial charge on any atom is -0.192 e. The van der Waals surface area contributed by atoms with E-state index in [2.05, 4.69) is 0 Å². The Bertz CT molecular complexity index is 366. The Morgan fingerprint density at radius 2 is 2.00 bits per heavy atom. The Morgan fingerprint density at radius 3 is 2.50 bits per heavy atom. The second-order valence-corrected chi connectivity index (χ2v) is 2.31. The second kappa shape index (κ2) is 3.55. The summed E-state index contributed by atoms with van der Waals surface area (Å²) in [5.41, 5.74) is 1.95. The van der Waals surface area contributed by atoms with E-state index in [0.29, 0.717) is 11.1 Å². The molecule has 0 saturated heterocycles. The van der Waals surface area contributed by atoms with Gasteiger partial charge in [0.25, 0.3) is 0 Å². The molecule has 1 aromatic carbocycles. The fraction of sp³-hybridized carbons (Fsp3) is 0.100. The standard InChI is InChI=1S/C10H7N2/c1-2-9-4-3-8(6-11)5-10(9)7-12/h2-5H,1H3. The van der Waals surface area contributed by atoms with Crippen LogP contribution in [-0.2, 0) is 0 Å². The highest BCUT2D eigenvalue weighted by Crippen LogP contribution is 2.11. The third kappa shape index (κ3) is 1.44. The van der Waals surface area contributed by atoms with Crippen LogP contribution in [0.3, 0.4) is 0 Å². The van der Waals surface area contributed by atoms with E-state index >= 15 is 0 Å². The zero-order valence-electron chi connectivity index (χ0n) is 6.70. The molecule has 2 heteroatoms. The van der Waals surface area contributed by atoms with Crippen molar-refractivity contribution >= 4 is 0 Å². The first-order chi connectivity index (χ1) is 5.81. The van der Waals surface area contributed by atoms with Gasteiger partial charge in [-0.3, -0.25) is 0 Å². The van der Waals surface area contributed by atoms with E-state index in [4.69, 9.17) is 10.5 Å². The highest BCUT2D eigenvalue weighted by atomic mass is 14.3. The van der Waals surface area contributed by atoms with Crippen LogP contribution in [0.5, 0.6) is 0 Å². The molecule has 0 aromatic heterocycles. The molecule has 0 heterocycles. The van der Waals surface area contributed by atoms with Crippen LogP contribution in [0, 0.1) is 29.1 Å². The third-order valence-corrected chi connectivity index (χ3v) is 1.61. The lowest BCUT2D eigenvalue weighted by atomic mass is 10.0. The van der Waals surface area contributed by atoms with Crippen molar-refractivity contribution in [3.05, 3.63) is 41.3 Å². The molecular weight excluding hydrogens is 148 g/mol. The first-order valence-electron chi connectivity index (χ1n) is 3.55. The molecular formula is C10H7N2. The van der Waals surface area contributed by atoms with E-state index in [-0.39, 0.29) is 0 Å². The molecule has 2 nitrogen and oxygen atoms in total. The molecule has 1 radical (unpaired) electrons. The number of hydrogen-bond acceptors (Lipinski definition) is 2. The van der Waals surface area contributed by atoms with Crippen LogP contribution in [0.25, 0.3) is 0 Å². The Labute approximate surface area is 71.7 Å².